The SMILES string of the molecule is O=C(O)[C@H]1CCCCN1c1cn[nH]c(=O)c1. The first kappa shape index (κ1) is 10.7. The Morgan fingerprint density at radius 2 is 2.38 bits per heavy atom. The Morgan fingerprint density at radius 1 is 1.56 bits per heavy atom. The van der Waals surface area contributed by atoms with Crippen molar-refractivity contribution >= 4 is 11.7 Å². The molecule has 6 nitrogen and oxygen atoms in total. The average Bonchev–Trinajstić information content (AvgIpc) is 2.29. The van der Waals surface area contributed by atoms with Crippen LogP contribution in [0.15, 0.2) is 17.1 Å². The number of hydrogen-bond donors (Lipinski definition) is 2. The van der Waals surface area contributed by atoms with Crippen molar-refractivity contribution in [3.05, 3.63) is 22.6 Å². The Labute approximate surface area is 91.9 Å². The lowest BCUT2D eigenvalue weighted by Gasteiger charge is -2.34. The number of carboxylic acids is 1. The fraction of sp³-hybridized carbons (Fsp3) is 0.500. The van der Waals surface area contributed by atoms with Gasteiger partial charge in [-0.05, 0) is 19.3 Å². The van der Waals surface area contributed by atoms with Crippen LogP contribution in [-0.2, 0) is 4.79 Å². The van der Waals surface area contributed by atoms with Crippen molar-refractivity contribution in [2.45, 2.75) is 25.3 Å². The molecule has 1 aliphatic rings. The summed E-state index contributed by atoms with van der Waals surface area (Å²) in [6.07, 6.45) is 3.95. The number of nitrogens with one attached hydrogen (secondary N) is 1. The molecule has 0 aromatic carbocycles. The van der Waals surface area contributed by atoms with Gasteiger partial charge in [0.05, 0.1) is 11.9 Å². The second-order valence-corrected chi connectivity index (χ2v) is 3.85. The third-order valence-corrected chi connectivity index (χ3v) is 2.77. The Bertz CT molecular complexity index is 443. The predicted molar refractivity (Wildman–Crippen MR) is 57.5 cm³/mol. The minimum absolute atomic E-state index is 0.313. The van der Waals surface area contributed by atoms with Crippen LogP contribution in [0, 0.1) is 0 Å². The molecule has 6 heteroatoms. The predicted octanol–water partition coefficient (Wildman–Crippen LogP) is 0.213. The Kier molecular flexibility index (Phi) is 2.89. The number of carbonyl (C=O) groups is 1. The zero-order chi connectivity index (χ0) is 11.5. The lowest BCUT2D eigenvalue weighted by Crippen LogP contribution is -2.45. The van der Waals surface area contributed by atoms with E-state index in [4.69, 9.17) is 5.11 Å². The van der Waals surface area contributed by atoms with Gasteiger partial charge in [0.15, 0.2) is 0 Å². The molecule has 2 N–H and O–H groups in total. The number of aliphatic carboxylic acids is 1. The maximum absolute atomic E-state index is 11.1. The summed E-state index contributed by atoms with van der Waals surface area (Å²) in [7, 11) is 0. The monoisotopic (exact) mass is 223 g/mol. The molecule has 0 radical (unpaired) electrons. The molecular formula is C10H13N3O3. The van der Waals surface area contributed by atoms with E-state index in [0.717, 1.165) is 12.8 Å². The smallest absolute Gasteiger partial charge is 0.326 e. The quantitative estimate of drug-likeness (QED) is 0.748. The molecule has 1 saturated heterocycles. The highest BCUT2D eigenvalue weighted by atomic mass is 16.4. The zero-order valence-corrected chi connectivity index (χ0v) is 8.72. The van der Waals surface area contributed by atoms with Crippen molar-refractivity contribution < 1.29 is 9.90 Å². The minimum Gasteiger partial charge on any atom is -0.480 e. The number of aromatic amines is 1. The standard InChI is InChI=1S/C10H13N3O3/c14-9-5-7(6-11-12-9)13-4-2-1-3-8(13)10(15)16/h5-6,8H,1-4H2,(H,12,14)(H,15,16)/t8-/m1/s1. The molecule has 1 fully saturated rings. The lowest BCUT2D eigenvalue weighted by molar-refractivity contribution is -0.139. The van der Waals surface area contributed by atoms with Crippen molar-refractivity contribution in [3.8, 4) is 0 Å². The maximum Gasteiger partial charge on any atom is 0.326 e. The van der Waals surface area contributed by atoms with E-state index < -0.39 is 12.0 Å². The van der Waals surface area contributed by atoms with Crippen LogP contribution in [0.2, 0.25) is 0 Å². The summed E-state index contributed by atoms with van der Waals surface area (Å²) >= 11 is 0. The molecule has 1 aliphatic heterocycles. The number of anilines is 1. The van der Waals surface area contributed by atoms with E-state index in [-0.39, 0.29) is 5.56 Å². The summed E-state index contributed by atoms with van der Waals surface area (Å²) in [5.41, 5.74) is 0.267. The van der Waals surface area contributed by atoms with Crippen LogP contribution >= 0.6 is 0 Å². The molecular weight excluding hydrogens is 210 g/mol. The van der Waals surface area contributed by atoms with Gasteiger partial charge in [0.2, 0.25) is 0 Å². The average molecular weight is 223 g/mol. The van der Waals surface area contributed by atoms with Gasteiger partial charge in [0.25, 0.3) is 5.56 Å². The first-order chi connectivity index (χ1) is 7.68. The van der Waals surface area contributed by atoms with Gasteiger partial charge >= 0.3 is 5.97 Å². The lowest BCUT2D eigenvalue weighted by atomic mass is 10.0. The first-order valence-corrected chi connectivity index (χ1v) is 5.22. The summed E-state index contributed by atoms with van der Waals surface area (Å²) in [5, 5.41) is 15.0. The van der Waals surface area contributed by atoms with Crippen molar-refractivity contribution in [3.63, 3.8) is 0 Å². The highest BCUT2D eigenvalue weighted by molar-refractivity contribution is 5.78. The second-order valence-electron chi connectivity index (χ2n) is 3.85. The molecule has 0 saturated carbocycles. The summed E-state index contributed by atoms with van der Waals surface area (Å²) in [5.74, 6) is -0.847. The van der Waals surface area contributed by atoms with E-state index in [0.29, 0.717) is 18.7 Å². The molecule has 1 atom stereocenters. The maximum atomic E-state index is 11.1. The number of nitrogens with zero attached hydrogens (tertiary/aromatic N) is 2. The van der Waals surface area contributed by atoms with Crippen LogP contribution in [0.25, 0.3) is 0 Å². The van der Waals surface area contributed by atoms with Gasteiger partial charge in [0, 0.05) is 12.6 Å². The van der Waals surface area contributed by atoms with Gasteiger partial charge in [-0.2, -0.15) is 5.10 Å². The Balaban J connectivity index is 2.30. The molecule has 2 rings (SSSR count). The number of piperidine rings is 1. The summed E-state index contributed by atoms with van der Waals surface area (Å²) in [6.45, 7) is 0.655. The molecule has 1 aromatic heterocycles. The number of carboxylic acid groups (broad SMARTS) is 1. The highest BCUT2D eigenvalue weighted by Gasteiger charge is 2.28. The molecule has 86 valence electrons. The van der Waals surface area contributed by atoms with Crippen LogP contribution in [0.1, 0.15) is 19.3 Å². The number of rotatable bonds is 2. The van der Waals surface area contributed by atoms with Gasteiger partial charge in [-0.3, -0.25) is 4.79 Å². The van der Waals surface area contributed by atoms with Gasteiger partial charge in [0.1, 0.15) is 6.04 Å². The van der Waals surface area contributed by atoms with Crippen LogP contribution in [0.4, 0.5) is 5.69 Å². The van der Waals surface area contributed by atoms with E-state index in [9.17, 15) is 9.59 Å². The molecule has 0 aliphatic carbocycles. The summed E-state index contributed by atoms with van der Waals surface area (Å²) < 4.78 is 0. The van der Waals surface area contributed by atoms with Crippen molar-refractivity contribution in [2.75, 3.05) is 11.4 Å². The fourth-order valence-electron chi connectivity index (χ4n) is 2.02. The van der Waals surface area contributed by atoms with Gasteiger partial charge in [-0.1, -0.05) is 0 Å². The van der Waals surface area contributed by atoms with E-state index in [1.54, 1.807) is 4.90 Å². The van der Waals surface area contributed by atoms with Crippen LogP contribution in [-0.4, -0.2) is 33.9 Å². The summed E-state index contributed by atoms with van der Waals surface area (Å²) in [6, 6.07) is 0.839. The van der Waals surface area contributed by atoms with Crippen LogP contribution in [0.3, 0.4) is 0 Å². The summed E-state index contributed by atoms with van der Waals surface area (Å²) in [4.78, 5) is 23.9. The van der Waals surface area contributed by atoms with Crippen molar-refractivity contribution in [2.24, 2.45) is 0 Å². The van der Waals surface area contributed by atoms with Crippen LogP contribution in [0.5, 0.6) is 0 Å². The molecule has 0 unspecified atom stereocenters. The largest absolute Gasteiger partial charge is 0.480 e. The molecule has 16 heavy (non-hydrogen) atoms. The topological polar surface area (TPSA) is 86.3 Å². The van der Waals surface area contributed by atoms with Gasteiger partial charge in [-0.25, -0.2) is 9.89 Å². The number of aromatic nitrogens is 2. The molecule has 2 heterocycles. The molecule has 0 amide bonds. The van der Waals surface area contributed by atoms with Crippen LogP contribution < -0.4 is 10.5 Å². The number of hydrogen-bond acceptors (Lipinski definition) is 4. The zero-order valence-electron chi connectivity index (χ0n) is 8.72. The molecule has 1 aromatic rings. The second kappa shape index (κ2) is 4.34. The van der Waals surface area contributed by atoms with E-state index >= 15 is 0 Å². The van der Waals surface area contributed by atoms with Gasteiger partial charge in [-0.15, -0.1) is 0 Å². The fourth-order valence-corrected chi connectivity index (χ4v) is 2.02. The highest BCUT2D eigenvalue weighted by Crippen LogP contribution is 2.22. The third kappa shape index (κ3) is 2.05. The van der Waals surface area contributed by atoms with Crippen molar-refractivity contribution in [1.29, 1.82) is 0 Å². The van der Waals surface area contributed by atoms with Crippen molar-refractivity contribution in [1.82, 2.24) is 10.2 Å². The molecule has 0 spiro atoms. The third-order valence-electron chi connectivity index (χ3n) is 2.77. The first-order valence-electron chi connectivity index (χ1n) is 5.22. The normalized spacial score (nSPS) is 20.8. The van der Waals surface area contributed by atoms with Gasteiger partial charge < -0.3 is 10.0 Å². The molecule has 0 bridgehead atoms. The Morgan fingerprint density at radius 3 is 3.06 bits per heavy atom. The number of H-pyrrole nitrogens is 1. The van der Waals surface area contributed by atoms with E-state index in [1.807, 2.05) is 0 Å². The van der Waals surface area contributed by atoms with E-state index in [2.05, 4.69) is 10.2 Å². The Hall–Kier alpha value is -1.85. The minimum atomic E-state index is -0.847. The van der Waals surface area contributed by atoms with E-state index in [1.165, 1.54) is 12.3 Å².